The van der Waals surface area contributed by atoms with Gasteiger partial charge in [0, 0.05) is 6.42 Å². The Hall–Kier alpha value is -2.49. The molecule has 98 valence electrons. The lowest BCUT2D eigenvalue weighted by Crippen LogP contribution is -2.01. The first-order valence-electron chi connectivity index (χ1n) is 5.89. The van der Waals surface area contributed by atoms with E-state index in [1.54, 1.807) is 18.2 Å². The molecule has 0 aliphatic heterocycles. The summed E-state index contributed by atoms with van der Waals surface area (Å²) in [5.74, 6) is -0.292. The summed E-state index contributed by atoms with van der Waals surface area (Å²) in [7, 11) is 0. The first-order valence-corrected chi connectivity index (χ1v) is 5.89. The van der Waals surface area contributed by atoms with E-state index in [-0.39, 0.29) is 35.0 Å². The number of benzene rings is 2. The summed E-state index contributed by atoms with van der Waals surface area (Å²) in [6.07, 6.45) is 0.656. The van der Waals surface area contributed by atoms with Gasteiger partial charge in [-0.15, -0.1) is 0 Å². The fourth-order valence-corrected chi connectivity index (χ4v) is 1.85. The molecule has 0 saturated heterocycles. The smallest absolute Gasteiger partial charge is 0.167 e. The molecule has 0 aromatic heterocycles. The van der Waals surface area contributed by atoms with Gasteiger partial charge in [-0.2, -0.15) is 0 Å². The quantitative estimate of drug-likeness (QED) is 0.582. The summed E-state index contributed by atoms with van der Waals surface area (Å²) < 4.78 is 0. The van der Waals surface area contributed by atoms with Crippen LogP contribution in [0.3, 0.4) is 0 Å². The van der Waals surface area contributed by atoms with E-state index < -0.39 is 0 Å². The maximum atomic E-state index is 11.9. The lowest BCUT2D eigenvalue weighted by atomic mass is 10.0. The number of carbonyl (C=O) groups is 1. The van der Waals surface area contributed by atoms with Crippen LogP contribution in [0.25, 0.3) is 0 Å². The minimum atomic E-state index is -0.253. The van der Waals surface area contributed by atoms with Gasteiger partial charge < -0.3 is 15.3 Å². The van der Waals surface area contributed by atoms with Crippen LogP contribution in [-0.4, -0.2) is 21.1 Å². The van der Waals surface area contributed by atoms with Gasteiger partial charge in [0.1, 0.15) is 17.2 Å². The molecular weight excluding hydrogens is 244 g/mol. The Kier molecular flexibility index (Phi) is 3.71. The number of phenols is 3. The van der Waals surface area contributed by atoms with Crippen molar-refractivity contribution >= 4 is 5.78 Å². The molecule has 2 aromatic carbocycles. The molecule has 0 fully saturated rings. The number of hydrogen-bond acceptors (Lipinski definition) is 4. The Bertz CT molecular complexity index is 605. The normalized spacial score (nSPS) is 10.3. The molecule has 0 atom stereocenters. The topological polar surface area (TPSA) is 77.8 Å². The molecule has 0 saturated carbocycles. The van der Waals surface area contributed by atoms with E-state index in [0.29, 0.717) is 6.42 Å². The van der Waals surface area contributed by atoms with Gasteiger partial charge in [-0.05, 0) is 42.3 Å². The highest BCUT2D eigenvalue weighted by Gasteiger charge is 2.12. The van der Waals surface area contributed by atoms with Crippen molar-refractivity contribution in [2.24, 2.45) is 0 Å². The van der Waals surface area contributed by atoms with Crippen molar-refractivity contribution in [2.75, 3.05) is 0 Å². The molecule has 0 heterocycles. The molecule has 0 bridgehead atoms. The molecule has 4 heteroatoms. The molecule has 0 radical (unpaired) electrons. The summed E-state index contributed by atoms with van der Waals surface area (Å²) in [6, 6.07) is 10.5. The molecule has 0 amide bonds. The van der Waals surface area contributed by atoms with Gasteiger partial charge in [-0.3, -0.25) is 4.79 Å². The van der Waals surface area contributed by atoms with Crippen LogP contribution in [0.4, 0.5) is 0 Å². The van der Waals surface area contributed by atoms with Gasteiger partial charge in [-0.25, -0.2) is 0 Å². The standard InChI is InChI=1S/C15H14O4/c16-11-3-1-2-10(8-11)4-6-14(18)13-9-12(17)5-7-15(13)19/h1-3,5,7-9,16-17,19H,4,6H2. The predicted octanol–water partition coefficient (Wildman–Crippen LogP) is 2.62. The Morgan fingerprint density at radius 2 is 1.68 bits per heavy atom. The Balaban J connectivity index is 2.07. The lowest BCUT2D eigenvalue weighted by Gasteiger charge is -2.05. The molecule has 4 nitrogen and oxygen atoms in total. The van der Waals surface area contributed by atoms with Crippen molar-refractivity contribution in [3.8, 4) is 17.2 Å². The second-order valence-corrected chi connectivity index (χ2v) is 4.29. The highest BCUT2D eigenvalue weighted by atomic mass is 16.3. The summed E-state index contributed by atoms with van der Waals surface area (Å²) in [5, 5.41) is 28.2. The highest BCUT2D eigenvalue weighted by molar-refractivity contribution is 5.99. The van der Waals surface area contributed by atoms with Gasteiger partial charge in [0.25, 0.3) is 0 Å². The second kappa shape index (κ2) is 5.44. The van der Waals surface area contributed by atoms with E-state index in [4.69, 9.17) is 0 Å². The molecule has 0 unspecified atom stereocenters. The number of aryl methyl sites for hydroxylation is 1. The number of rotatable bonds is 4. The zero-order valence-corrected chi connectivity index (χ0v) is 10.2. The predicted molar refractivity (Wildman–Crippen MR) is 70.5 cm³/mol. The minimum absolute atomic E-state index is 0.0569. The first kappa shape index (κ1) is 13.0. The van der Waals surface area contributed by atoms with Crippen LogP contribution >= 0.6 is 0 Å². The number of Topliss-reactive ketones (excluding diaryl/α,β-unsaturated/α-hetero) is 1. The first-order chi connectivity index (χ1) is 9.06. The monoisotopic (exact) mass is 258 g/mol. The third-order valence-electron chi connectivity index (χ3n) is 2.83. The van der Waals surface area contributed by atoms with Crippen molar-refractivity contribution in [3.05, 3.63) is 53.6 Å². The van der Waals surface area contributed by atoms with E-state index in [1.165, 1.54) is 18.2 Å². The second-order valence-electron chi connectivity index (χ2n) is 4.29. The molecule has 2 rings (SSSR count). The van der Waals surface area contributed by atoms with Crippen LogP contribution in [0.15, 0.2) is 42.5 Å². The molecule has 0 spiro atoms. The average Bonchev–Trinajstić information content (AvgIpc) is 2.39. The van der Waals surface area contributed by atoms with Gasteiger partial charge in [-0.1, -0.05) is 12.1 Å². The Morgan fingerprint density at radius 3 is 2.42 bits per heavy atom. The zero-order chi connectivity index (χ0) is 13.8. The van der Waals surface area contributed by atoms with Crippen LogP contribution in [-0.2, 0) is 6.42 Å². The maximum Gasteiger partial charge on any atom is 0.167 e. The van der Waals surface area contributed by atoms with E-state index >= 15 is 0 Å². The third kappa shape index (κ3) is 3.25. The van der Waals surface area contributed by atoms with Crippen molar-refractivity contribution in [1.82, 2.24) is 0 Å². The van der Waals surface area contributed by atoms with Crippen molar-refractivity contribution < 1.29 is 20.1 Å². The average molecular weight is 258 g/mol. The molecule has 0 aliphatic rings. The lowest BCUT2D eigenvalue weighted by molar-refractivity contribution is 0.0980. The van der Waals surface area contributed by atoms with Gasteiger partial charge >= 0.3 is 0 Å². The Labute approximate surface area is 110 Å². The van der Waals surface area contributed by atoms with Gasteiger partial charge in [0.05, 0.1) is 5.56 Å². The molecule has 19 heavy (non-hydrogen) atoms. The third-order valence-corrected chi connectivity index (χ3v) is 2.83. The highest BCUT2D eigenvalue weighted by Crippen LogP contribution is 2.24. The van der Waals surface area contributed by atoms with Crippen LogP contribution in [0.5, 0.6) is 17.2 Å². The number of carbonyl (C=O) groups excluding carboxylic acids is 1. The van der Waals surface area contributed by atoms with E-state index in [0.717, 1.165) is 5.56 Å². The Morgan fingerprint density at radius 1 is 0.947 bits per heavy atom. The zero-order valence-electron chi connectivity index (χ0n) is 10.2. The van der Waals surface area contributed by atoms with Crippen LogP contribution in [0.1, 0.15) is 22.3 Å². The van der Waals surface area contributed by atoms with E-state index in [9.17, 15) is 20.1 Å². The summed E-state index contributed by atoms with van der Waals surface area (Å²) >= 11 is 0. The maximum absolute atomic E-state index is 11.9. The minimum Gasteiger partial charge on any atom is -0.508 e. The van der Waals surface area contributed by atoms with Crippen molar-refractivity contribution in [2.45, 2.75) is 12.8 Å². The fourth-order valence-electron chi connectivity index (χ4n) is 1.85. The molecule has 3 N–H and O–H groups in total. The molecule has 2 aromatic rings. The number of phenolic OH excluding ortho intramolecular Hbond substituents is 3. The summed E-state index contributed by atoms with van der Waals surface area (Å²) in [4.78, 5) is 11.9. The van der Waals surface area contributed by atoms with Crippen molar-refractivity contribution in [3.63, 3.8) is 0 Å². The molecule has 0 aliphatic carbocycles. The number of aromatic hydroxyl groups is 3. The van der Waals surface area contributed by atoms with Gasteiger partial charge in [0.15, 0.2) is 5.78 Å². The van der Waals surface area contributed by atoms with Gasteiger partial charge in [0.2, 0.25) is 0 Å². The summed E-state index contributed by atoms with van der Waals surface area (Å²) in [6.45, 7) is 0. The van der Waals surface area contributed by atoms with Crippen molar-refractivity contribution in [1.29, 1.82) is 0 Å². The van der Waals surface area contributed by atoms with Crippen LogP contribution in [0.2, 0.25) is 0 Å². The molecular formula is C15H14O4. The number of hydrogen-bond donors (Lipinski definition) is 3. The fraction of sp³-hybridized carbons (Fsp3) is 0.133. The van der Waals surface area contributed by atoms with E-state index in [2.05, 4.69) is 0 Å². The SMILES string of the molecule is O=C(CCc1cccc(O)c1)c1cc(O)ccc1O. The number of ketones is 1. The van der Waals surface area contributed by atoms with E-state index in [1.807, 2.05) is 6.07 Å². The van der Waals surface area contributed by atoms with Crippen LogP contribution < -0.4 is 0 Å². The summed E-state index contributed by atoms with van der Waals surface area (Å²) in [5.41, 5.74) is 0.952. The van der Waals surface area contributed by atoms with Crippen LogP contribution in [0, 0.1) is 0 Å². The largest absolute Gasteiger partial charge is 0.508 e.